The van der Waals surface area contributed by atoms with Gasteiger partial charge < -0.3 is 10.1 Å². The Balaban J connectivity index is 2.91. The van der Waals surface area contributed by atoms with E-state index in [0.29, 0.717) is 12.0 Å². The lowest BCUT2D eigenvalue weighted by Crippen LogP contribution is -2.29. The zero-order valence-corrected chi connectivity index (χ0v) is 14.7. The first-order valence-electron chi connectivity index (χ1n) is 7.09. The Morgan fingerprint density at radius 2 is 2.11 bits per heavy atom. The highest BCUT2D eigenvalue weighted by Gasteiger charge is 2.21. The monoisotopic (exact) mass is 375 g/mol. The predicted molar refractivity (Wildman–Crippen MR) is 90.6 cm³/mol. The summed E-state index contributed by atoms with van der Waals surface area (Å²) in [4.78, 5) is 0. The van der Waals surface area contributed by atoms with Crippen molar-refractivity contribution in [2.75, 3.05) is 20.3 Å². The third kappa shape index (κ3) is 5.04. The summed E-state index contributed by atoms with van der Waals surface area (Å²) in [7, 11) is 1.78. The van der Waals surface area contributed by atoms with Crippen LogP contribution in [0.15, 0.2) is 18.2 Å². The molecule has 108 valence electrons. The Morgan fingerprint density at radius 3 is 2.74 bits per heavy atom. The average Bonchev–Trinajstić information content (AvgIpc) is 2.41. The van der Waals surface area contributed by atoms with Crippen LogP contribution in [0.2, 0.25) is 0 Å². The Morgan fingerprint density at radius 1 is 1.37 bits per heavy atom. The predicted octanol–water partition coefficient (Wildman–Crippen LogP) is 4.31. The molecule has 1 N–H and O–H groups in total. The van der Waals surface area contributed by atoms with Crippen LogP contribution < -0.4 is 5.32 Å². The maximum atomic E-state index is 5.23. The largest absolute Gasteiger partial charge is 0.385 e. The topological polar surface area (TPSA) is 21.3 Å². The van der Waals surface area contributed by atoms with E-state index in [1.54, 1.807) is 7.11 Å². The number of nitrogens with one attached hydrogen (secondary N) is 1. The van der Waals surface area contributed by atoms with Gasteiger partial charge in [0.15, 0.2) is 0 Å². The van der Waals surface area contributed by atoms with Crippen molar-refractivity contribution < 1.29 is 4.74 Å². The van der Waals surface area contributed by atoms with Gasteiger partial charge in [0, 0.05) is 23.3 Å². The summed E-state index contributed by atoms with van der Waals surface area (Å²) in [6, 6.07) is 7.02. The summed E-state index contributed by atoms with van der Waals surface area (Å²) in [5.41, 5.74) is 2.79. The molecule has 0 aliphatic heterocycles. The van der Waals surface area contributed by atoms with Crippen LogP contribution in [0.1, 0.15) is 43.9 Å². The van der Waals surface area contributed by atoms with E-state index < -0.39 is 0 Å². The van der Waals surface area contributed by atoms with Gasteiger partial charge in [-0.25, -0.2) is 0 Å². The quantitative estimate of drug-likeness (QED) is 0.684. The van der Waals surface area contributed by atoms with E-state index in [2.05, 4.69) is 66.9 Å². The van der Waals surface area contributed by atoms with Crippen molar-refractivity contribution in [2.45, 2.75) is 39.7 Å². The van der Waals surface area contributed by atoms with E-state index in [4.69, 9.17) is 4.74 Å². The Labute approximate surface area is 131 Å². The lowest BCUT2D eigenvalue weighted by molar-refractivity contribution is 0.170. The molecule has 19 heavy (non-hydrogen) atoms. The third-order valence-corrected chi connectivity index (χ3v) is 4.99. The normalized spacial score (nSPS) is 14.4. The van der Waals surface area contributed by atoms with Gasteiger partial charge in [0.25, 0.3) is 0 Å². The highest BCUT2D eigenvalue weighted by atomic mass is 127. The number of hydrogen-bond donors (Lipinski definition) is 1. The SMILES string of the molecule is CCCNC(c1cccc(C)c1I)C(C)CCOC. The smallest absolute Gasteiger partial charge is 0.0465 e. The standard InChI is InChI=1S/C16H26INO/c1-5-10-18-16(13(3)9-11-19-4)14-8-6-7-12(2)15(14)17/h6-8,13,16,18H,5,9-11H2,1-4H3. The number of rotatable bonds is 8. The molecule has 2 atom stereocenters. The first-order valence-corrected chi connectivity index (χ1v) is 8.17. The van der Waals surface area contributed by atoms with E-state index in [-0.39, 0.29) is 0 Å². The molecule has 0 aliphatic rings. The molecule has 0 radical (unpaired) electrons. The molecule has 0 fully saturated rings. The van der Waals surface area contributed by atoms with Gasteiger partial charge in [0.2, 0.25) is 0 Å². The molecular weight excluding hydrogens is 349 g/mol. The van der Waals surface area contributed by atoms with Gasteiger partial charge in [-0.3, -0.25) is 0 Å². The minimum atomic E-state index is 0.418. The molecule has 0 amide bonds. The van der Waals surface area contributed by atoms with Gasteiger partial charge in [-0.1, -0.05) is 32.0 Å². The van der Waals surface area contributed by atoms with Crippen molar-refractivity contribution in [2.24, 2.45) is 5.92 Å². The maximum absolute atomic E-state index is 5.23. The van der Waals surface area contributed by atoms with Crippen LogP contribution in [0.5, 0.6) is 0 Å². The van der Waals surface area contributed by atoms with Crippen molar-refractivity contribution in [3.05, 3.63) is 32.9 Å². The molecule has 1 rings (SSSR count). The summed E-state index contributed by atoms with van der Waals surface area (Å²) in [6.45, 7) is 8.59. The van der Waals surface area contributed by atoms with Crippen LogP contribution in [0.25, 0.3) is 0 Å². The fourth-order valence-corrected chi connectivity index (χ4v) is 2.99. The molecule has 2 nitrogen and oxygen atoms in total. The average molecular weight is 375 g/mol. The van der Waals surface area contributed by atoms with E-state index in [1.165, 1.54) is 14.7 Å². The van der Waals surface area contributed by atoms with Crippen molar-refractivity contribution in [3.8, 4) is 0 Å². The Hall–Kier alpha value is -0.130. The zero-order chi connectivity index (χ0) is 14.3. The molecule has 0 aliphatic carbocycles. The number of methoxy groups -OCH3 is 1. The van der Waals surface area contributed by atoms with E-state index >= 15 is 0 Å². The number of benzene rings is 1. The second kappa shape index (κ2) is 8.93. The minimum absolute atomic E-state index is 0.418. The van der Waals surface area contributed by atoms with Crippen molar-refractivity contribution in [3.63, 3.8) is 0 Å². The van der Waals surface area contributed by atoms with E-state index in [1.807, 2.05) is 0 Å². The molecule has 0 heterocycles. The van der Waals surface area contributed by atoms with Crippen molar-refractivity contribution >= 4 is 22.6 Å². The van der Waals surface area contributed by atoms with Gasteiger partial charge >= 0.3 is 0 Å². The highest BCUT2D eigenvalue weighted by Crippen LogP contribution is 2.29. The molecule has 2 unspecified atom stereocenters. The highest BCUT2D eigenvalue weighted by molar-refractivity contribution is 14.1. The lowest BCUT2D eigenvalue weighted by Gasteiger charge is -2.27. The lowest BCUT2D eigenvalue weighted by atomic mass is 9.91. The molecule has 0 saturated heterocycles. The minimum Gasteiger partial charge on any atom is -0.385 e. The third-order valence-electron chi connectivity index (χ3n) is 3.52. The van der Waals surface area contributed by atoms with Crippen LogP contribution in [0, 0.1) is 16.4 Å². The van der Waals surface area contributed by atoms with E-state index in [0.717, 1.165) is 26.0 Å². The van der Waals surface area contributed by atoms with Crippen LogP contribution in [-0.2, 0) is 4.74 Å². The van der Waals surface area contributed by atoms with Crippen LogP contribution >= 0.6 is 22.6 Å². The molecule has 0 spiro atoms. The number of hydrogen-bond acceptors (Lipinski definition) is 2. The van der Waals surface area contributed by atoms with Gasteiger partial charge in [-0.2, -0.15) is 0 Å². The number of aryl methyl sites for hydroxylation is 1. The second-order valence-corrected chi connectivity index (χ2v) is 6.25. The summed E-state index contributed by atoms with van der Waals surface area (Å²) in [6.07, 6.45) is 2.25. The zero-order valence-electron chi connectivity index (χ0n) is 12.5. The molecule has 0 saturated carbocycles. The second-order valence-electron chi connectivity index (χ2n) is 5.17. The first-order chi connectivity index (χ1) is 9.11. The fraction of sp³-hybridized carbons (Fsp3) is 0.625. The van der Waals surface area contributed by atoms with Gasteiger partial charge in [-0.15, -0.1) is 0 Å². The van der Waals surface area contributed by atoms with Gasteiger partial charge in [-0.05, 0) is 65.9 Å². The molecule has 3 heteroatoms. The fourth-order valence-electron chi connectivity index (χ4n) is 2.30. The Kier molecular flexibility index (Phi) is 7.95. The van der Waals surface area contributed by atoms with Gasteiger partial charge in [0.05, 0.1) is 0 Å². The molecule has 0 bridgehead atoms. The van der Waals surface area contributed by atoms with Gasteiger partial charge in [0.1, 0.15) is 0 Å². The van der Waals surface area contributed by atoms with Crippen LogP contribution in [0.3, 0.4) is 0 Å². The Bertz CT molecular complexity index is 381. The van der Waals surface area contributed by atoms with Crippen LogP contribution in [0.4, 0.5) is 0 Å². The van der Waals surface area contributed by atoms with Crippen LogP contribution in [-0.4, -0.2) is 20.3 Å². The van der Waals surface area contributed by atoms with Crippen molar-refractivity contribution in [1.82, 2.24) is 5.32 Å². The van der Waals surface area contributed by atoms with E-state index in [9.17, 15) is 0 Å². The first kappa shape index (κ1) is 16.9. The number of halogens is 1. The summed E-state index contributed by atoms with van der Waals surface area (Å²) in [5, 5.41) is 3.70. The maximum Gasteiger partial charge on any atom is 0.0465 e. The molecule has 1 aromatic rings. The summed E-state index contributed by atoms with van der Waals surface area (Å²) in [5.74, 6) is 0.571. The molecule has 1 aromatic carbocycles. The molecule has 0 aromatic heterocycles. The number of ether oxygens (including phenoxy) is 1. The summed E-state index contributed by atoms with van der Waals surface area (Å²) >= 11 is 2.47. The summed E-state index contributed by atoms with van der Waals surface area (Å²) < 4.78 is 6.61. The molecular formula is C16H26INO. The van der Waals surface area contributed by atoms with Crippen molar-refractivity contribution in [1.29, 1.82) is 0 Å².